The molecule has 0 aromatic heterocycles. The van der Waals surface area contributed by atoms with Crippen LogP contribution in [0.3, 0.4) is 0 Å². The third-order valence-electron chi connectivity index (χ3n) is 4.01. The van der Waals surface area contributed by atoms with E-state index in [-0.39, 0.29) is 18.3 Å². The minimum atomic E-state index is -0.264. The topological polar surface area (TPSA) is 29.5 Å². The summed E-state index contributed by atoms with van der Waals surface area (Å²) in [5, 5.41) is 9.66. The zero-order valence-electron chi connectivity index (χ0n) is 10.9. The molecular weight excluding hydrogens is 231 g/mol. The minimum Gasteiger partial charge on any atom is -0.496 e. The molecule has 1 saturated carbocycles. The average Bonchev–Trinajstić information content (AvgIpc) is 2.41. The highest BCUT2D eigenvalue weighted by Gasteiger charge is 2.27. The molecule has 1 unspecified atom stereocenters. The fraction of sp³-hybridized carbons (Fsp3) is 0.600. The molecule has 1 N–H and O–H groups in total. The van der Waals surface area contributed by atoms with Crippen molar-refractivity contribution >= 4 is 0 Å². The van der Waals surface area contributed by atoms with E-state index in [0.29, 0.717) is 11.7 Å². The van der Waals surface area contributed by atoms with Crippen LogP contribution in [0.25, 0.3) is 0 Å². The van der Waals surface area contributed by atoms with E-state index in [1.807, 2.05) is 0 Å². The van der Waals surface area contributed by atoms with Crippen molar-refractivity contribution in [1.82, 2.24) is 0 Å². The van der Waals surface area contributed by atoms with E-state index >= 15 is 0 Å². The molecule has 1 aliphatic carbocycles. The molecule has 1 aromatic carbocycles. The monoisotopic (exact) mass is 252 g/mol. The Morgan fingerprint density at radius 2 is 2.06 bits per heavy atom. The van der Waals surface area contributed by atoms with Crippen LogP contribution in [0.2, 0.25) is 0 Å². The highest BCUT2D eigenvalue weighted by Crippen LogP contribution is 2.39. The second kappa shape index (κ2) is 6.19. The van der Waals surface area contributed by atoms with Gasteiger partial charge in [0.05, 0.1) is 13.7 Å². The Hall–Kier alpha value is -1.09. The Morgan fingerprint density at radius 1 is 1.33 bits per heavy atom. The summed E-state index contributed by atoms with van der Waals surface area (Å²) in [5.74, 6) is 0.858. The lowest BCUT2D eigenvalue weighted by Crippen LogP contribution is -2.20. The van der Waals surface area contributed by atoms with Crippen molar-refractivity contribution in [2.24, 2.45) is 5.92 Å². The maximum Gasteiger partial charge on any atom is 0.123 e. The molecule has 0 spiro atoms. The number of methoxy groups -OCH3 is 1. The van der Waals surface area contributed by atoms with Crippen LogP contribution in [0.4, 0.5) is 4.39 Å². The molecule has 100 valence electrons. The summed E-state index contributed by atoms with van der Waals surface area (Å²) in [6.07, 6.45) is 5.92. The number of aliphatic hydroxyl groups is 1. The Morgan fingerprint density at radius 3 is 2.67 bits per heavy atom. The third kappa shape index (κ3) is 2.83. The van der Waals surface area contributed by atoms with Crippen LogP contribution < -0.4 is 4.74 Å². The van der Waals surface area contributed by atoms with Crippen LogP contribution in [-0.4, -0.2) is 18.8 Å². The second-order valence-corrected chi connectivity index (χ2v) is 5.07. The number of hydrogen-bond acceptors (Lipinski definition) is 2. The molecule has 0 heterocycles. The summed E-state index contributed by atoms with van der Waals surface area (Å²) in [6, 6.07) is 4.56. The van der Waals surface area contributed by atoms with Crippen molar-refractivity contribution in [3.8, 4) is 5.75 Å². The van der Waals surface area contributed by atoms with E-state index in [1.165, 1.54) is 31.4 Å². The predicted octanol–water partition coefficient (Wildman–Crippen LogP) is 3.49. The standard InChI is InChI=1S/C15H21FO2/c1-18-15-8-7-12(16)9-13(15)14(10-17)11-5-3-2-4-6-11/h7-9,11,14,17H,2-6,10H2,1H3. The molecule has 2 rings (SSSR count). The van der Waals surface area contributed by atoms with Gasteiger partial charge in [-0.15, -0.1) is 0 Å². The van der Waals surface area contributed by atoms with Crippen molar-refractivity contribution < 1.29 is 14.2 Å². The highest BCUT2D eigenvalue weighted by atomic mass is 19.1. The minimum absolute atomic E-state index is 0.00375. The van der Waals surface area contributed by atoms with Gasteiger partial charge in [-0.2, -0.15) is 0 Å². The number of aliphatic hydroxyl groups excluding tert-OH is 1. The van der Waals surface area contributed by atoms with Crippen molar-refractivity contribution in [2.75, 3.05) is 13.7 Å². The van der Waals surface area contributed by atoms with Gasteiger partial charge in [0.15, 0.2) is 0 Å². The fourth-order valence-electron chi connectivity index (χ4n) is 3.03. The molecule has 1 aromatic rings. The predicted molar refractivity (Wildman–Crippen MR) is 69.4 cm³/mol. The van der Waals surface area contributed by atoms with Gasteiger partial charge in [0.1, 0.15) is 11.6 Å². The van der Waals surface area contributed by atoms with Gasteiger partial charge >= 0.3 is 0 Å². The van der Waals surface area contributed by atoms with Gasteiger partial charge in [0.2, 0.25) is 0 Å². The van der Waals surface area contributed by atoms with E-state index in [4.69, 9.17) is 4.74 Å². The summed E-state index contributed by atoms with van der Waals surface area (Å²) < 4.78 is 18.7. The van der Waals surface area contributed by atoms with Gasteiger partial charge < -0.3 is 9.84 Å². The van der Waals surface area contributed by atoms with Crippen LogP contribution in [-0.2, 0) is 0 Å². The summed E-state index contributed by atoms with van der Waals surface area (Å²) >= 11 is 0. The molecule has 3 heteroatoms. The first-order chi connectivity index (χ1) is 8.76. The normalized spacial score (nSPS) is 18.6. The third-order valence-corrected chi connectivity index (χ3v) is 4.01. The smallest absolute Gasteiger partial charge is 0.123 e. The zero-order valence-corrected chi connectivity index (χ0v) is 10.9. The summed E-state index contributed by atoms with van der Waals surface area (Å²) in [7, 11) is 1.59. The highest BCUT2D eigenvalue weighted by molar-refractivity contribution is 5.37. The van der Waals surface area contributed by atoms with E-state index in [0.717, 1.165) is 18.4 Å². The van der Waals surface area contributed by atoms with Gasteiger partial charge in [-0.25, -0.2) is 4.39 Å². The van der Waals surface area contributed by atoms with Gasteiger partial charge in [-0.1, -0.05) is 19.3 Å². The van der Waals surface area contributed by atoms with Crippen molar-refractivity contribution in [1.29, 1.82) is 0 Å². The van der Waals surface area contributed by atoms with Gasteiger partial charge in [-0.3, -0.25) is 0 Å². The van der Waals surface area contributed by atoms with Crippen LogP contribution >= 0.6 is 0 Å². The first-order valence-electron chi connectivity index (χ1n) is 6.70. The molecule has 1 fully saturated rings. The van der Waals surface area contributed by atoms with Crippen molar-refractivity contribution in [3.05, 3.63) is 29.6 Å². The van der Waals surface area contributed by atoms with E-state index in [9.17, 15) is 9.50 Å². The van der Waals surface area contributed by atoms with Crippen LogP contribution in [0.5, 0.6) is 5.75 Å². The first-order valence-corrected chi connectivity index (χ1v) is 6.70. The lowest BCUT2D eigenvalue weighted by Gasteiger charge is -2.30. The lowest BCUT2D eigenvalue weighted by atomic mass is 9.77. The molecule has 0 aliphatic heterocycles. The molecule has 0 amide bonds. The molecule has 1 aliphatic rings. The molecular formula is C15H21FO2. The quantitative estimate of drug-likeness (QED) is 0.888. The molecule has 2 nitrogen and oxygen atoms in total. The molecule has 0 radical (unpaired) electrons. The summed E-state index contributed by atoms with van der Waals surface area (Å²) in [5.41, 5.74) is 0.812. The first kappa shape index (κ1) is 13.3. The van der Waals surface area contributed by atoms with E-state index < -0.39 is 0 Å². The maximum absolute atomic E-state index is 13.4. The Kier molecular flexibility index (Phi) is 4.59. The largest absolute Gasteiger partial charge is 0.496 e. The van der Waals surface area contributed by atoms with Gasteiger partial charge in [-0.05, 0) is 37.0 Å². The van der Waals surface area contributed by atoms with E-state index in [2.05, 4.69) is 0 Å². The Labute approximate surface area is 108 Å². The molecule has 0 bridgehead atoms. The van der Waals surface area contributed by atoms with Gasteiger partial charge in [0.25, 0.3) is 0 Å². The number of halogens is 1. The average molecular weight is 252 g/mol. The lowest BCUT2D eigenvalue weighted by molar-refractivity contribution is 0.193. The maximum atomic E-state index is 13.4. The number of ether oxygens (including phenoxy) is 1. The number of hydrogen-bond donors (Lipinski definition) is 1. The zero-order chi connectivity index (χ0) is 13.0. The number of benzene rings is 1. The van der Waals surface area contributed by atoms with Crippen molar-refractivity contribution in [3.63, 3.8) is 0 Å². The Balaban J connectivity index is 2.27. The molecule has 18 heavy (non-hydrogen) atoms. The van der Waals surface area contributed by atoms with E-state index in [1.54, 1.807) is 13.2 Å². The van der Waals surface area contributed by atoms with Crippen LogP contribution in [0.15, 0.2) is 18.2 Å². The summed E-state index contributed by atoms with van der Waals surface area (Å²) in [6.45, 7) is 0.0600. The number of rotatable bonds is 4. The molecule has 0 saturated heterocycles. The van der Waals surface area contributed by atoms with Crippen molar-refractivity contribution in [2.45, 2.75) is 38.0 Å². The second-order valence-electron chi connectivity index (χ2n) is 5.07. The molecule has 1 atom stereocenters. The Bertz CT molecular complexity index is 386. The SMILES string of the molecule is COc1ccc(F)cc1C(CO)C1CCCCC1. The van der Waals surface area contributed by atoms with Crippen LogP contribution in [0, 0.1) is 11.7 Å². The summed E-state index contributed by atoms with van der Waals surface area (Å²) in [4.78, 5) is 0. The fourth-order valence-corrected chi connectivity index (χ4v) is 3.03. The van der Waals surface area contributed by atoms with Gasteiger partial charge in [0, 0.05) is 11.5 Å². The van der Waals surface area contributed by atoms with Crippen LogP contribution in [0.1, 0.15) is 43.6 Å².